The second-order valence-corrected chi connectivity index (χ2v) is 8.77. The van der Waals surface area contributed by atoms with Crippen molar-refractivity contribution in [2.24, 2.45) is 29.4 Å². The number of hydrogen-bond donors (Lipinski definition) is 4. The quantitative estimate of drug-likeness (QED) is 0.629. The fourth-order valence-corrected chi connectivity index (χ4v) is 5.79. The largest absolute Gasteiger partial charge is 0.336 e. The van der Waals surface area contributed by atoms with E-state index in [1.165, 1.54) is 32.1 Å². The van der Waals surface area contributed by atoms with E-state index in [-0.39, 0.29) is 18.1 Å². The predicted molar refractivity (Wildman–Crippen MR) is 104 cm³/mol. The zero-order valence-corrected chi connectivity index (χ0v) is 15.9. The van der Waals surface area contributed by atoms with Crippen LogP contribution in [-0.4, -0.2) is 38.3 Å². The van der Waals surface area contributed by atoms with Gasteiger partial charge in [-0.25, -0.2) is 9.78 Å². The fraction of sp³-hybridized carbons (Fsp3) is 0.600. The number of carbonyl (C=O) groups excluding carboxylic acids is 1. The van der Waals surface area contributed by atoms with E-state index >= 15 is 0 Å². The monoisotopic (exact) mass is 381 g/mol. The first-order valence-corrected chi connectivity index (χ1v) is 10.2. The molecule has 0 saturated heterocycles. The van der Waals surface area contributed by atoms with Crippen molar-refractivity contribution in [3.63, 3.8) is 0 Å². The van der Waals surface area contributed by atoms with Gasteiger partial charge in [0.1, 0.15) is 11.5 Å². The van der Waals surface area contributed by atoms with Crippen molar-refractivity contribution in [3.8, 4) is 11.5 Å². The third-order valence-corrected chi connectivity index (χ3v) is 7.06. The number of aromatic amines is 1. The van der Waals surface area contributed by atoms with Crippen LogP contribution in [0.3, 0.4) is 0 Å². The molecule has 0 atom stereocenters. The van der Waals surface area contributed by atoms with E-state index in [2.05, 4.69) is 30.8 Å². The molecule has 4 aliphatic rings. The van der Waals surface area contributed by atoms with Gasteiger partial charge in [-0.15, -0.1) is 0 Å². The summed E-state index contributed by atoms with van der Waals surface area (Å²) in [5, 5.41) is 12.9. The molecule has 6 rings (SSSR count). The Balaban J connectivity index is 1.14. The molecule has 0 aliphatic heterocycles. The number of nitrogens with zero attached hydrogens (tertiary/aromatic N) is 3. The topological polar surface area (TPSA) is 122 Å². The summed E-state index contributed by atoms with van der Waals surface area (Å²) in [6.07, 6.45) is 8.04. The van der Waals surface area contributed by atoms with Crippen molar-refractivity contribution in [3.05, 3.63) is 30.2 Å². The van der Waals surface area contributed by atoms with E-state index in [4.69, 9.17) is 5.73 Å². The highest BCUT2D eigenvalue weighted by atomic mass is 16.2. The minimum Gasteiger partial charge on any atom is -0.336 e. The molecule has 4 aliphatic carbocycles. The summed E-state index contributed by atoms with van der Waals surface area (Å²) in [4.78, 5) is 20.9. The Kier molecular flexibility index (Phi) is 4.30. The molecule has 0 radical (unpaired) electrons. The van der Waals surface area contributed by atoms with Crippen molar-refractivity contribution < 1.29 is 4.79 Å². The zero-order chi connectivity index (χ0) is 19.1. The number of hydrogen-bond acceptors (Lipinski definition) is 5. The fourth-order valence-electron chi connectivity index (χ4n) is 5.79. The van der Waals surface area contributed by atoms with Crippen molar-refractivity contribution in [2.45, 2.75) is 44.2 Å². The van der Waals surface area contributed by atoms with E-state index in [1.807, 2.05) is 18.2 Å². The lowest BCUT2D eigenvalue weighted by Crippen LogP contribution is -2.67. The maximum Gasteiger partial charge on any atom is 0.315 e. The van der Waals surface area contributed by atoms with Crippen LogP contribution in [0.2, 0.25) is 0 Å². The molecular weight excluding hydrogens is 354 g/mol. The van der Waals surface area contributed by atoms with Gasteiger partial charge in [0.2, 0.25) is 0 Å². The van der Waals surface area contributed by atoms with Gasteiger partial charge in [-0.1, -0.05) is 6.07 Å². The molecule has 5 N–H and O–H groups in total. The summed E-state index contributed by atoms with van der Waals surface area (Å²) in [6, 6.07) is 5.36. The molecule has 2 heterocycles. The second kappa shape index (κ2) is 6.84. The molecule has 8 heteroatoms. The van der Waals surface area contributed by atoms with Crippen LogP contribution in [0.25, 0.3) is 11.5 Å². The van der Waals surface area contributed by atoms with E-state index < -0.39 is 0 Å². The van der Waals surface area contributed by atoms with Gasteiger partial charge >= 0.3 is 6.03 Å². The molecule has 2 aromatic rings. The normalized spacial score (nSPS) is 33.0. The van der Waals surface area contributed by atoms with Crippen molar-refractivity contribution in [1.82, 2.24) is 30.8 Å². The lowest BCUT2D eigenvalue weighted by Gasteiger charge is -2.59. The molecule has 4 bridgehead atoms. The summed E-state index contributed by atoms with van der Waals surface area (Å²) in [5.41, 5.74) is 7.29. The Morgan fingerprint density at radius 2 is 1.89 bits per heavy atom. The Morgan fingerprint density at radius 1 is 1.14 bits per heavy atom. The first-order valence-electron chi connectivity index (χ1n) is 10.2. The highest BCUT2D eigenvalue weighted by molar-refractivity contribution is 5.73. The number of nitrogens with one attached hydrogen (secondary N) is 3. The molecule has 4 fully saturated rings. The predicted octanol–water partition coefficient (Wildman–Crippen LogP) is 1.82. The molecule has 4 saturated carbocycles. The molecule has 8 nitrogen and oxygen atoms in total. The first-order chi connectivity index (χ1) is 13.6. The molecule has 28 heavy (non-hydrogen) atoms. The van der Waals surface area contributed by atoms with Gasteiger partial charge in [-0.3, -0.25) is 10.1 Å². The van der Waals surface area contributed by atoms with Gasteiger partial charge in [0.25, 0.3) is 0 Å². The SMILES string of the molecule is NC1(CNC(=O)NCc2nc(-c3ccccn3)n[nH]2)C2CC3CC(C2)CC1C3. The molecule has 148 valence electrons. The zero-order valence-electron chi connectivity index (χ0n) is 15.9. The Hall–Kier alpha value is -2.48. The number of aromatic nitrogens is 4. The van der Waals surface area contributed by atoms with Crippen LogP contribution in [0.15, 0.2) is 24.4 Å². The maximum absolute atomic E-state index is 12.3. The molecule has 2 aromatic heterocycles. The van der Waals surface area contributed by atoms with Crippen LogP contribution in [-0.2, 0) is 6.54 Å². The van der Waals surface area contributed by atoms with Crippen LogP contribution in [0.4, 0.5) is 4.79 Å². The van der Waals surface area contributed by atoms with E-state index in [0.29, 0.717) is 35.7 Å². The van der Waals surface area contributed by atoms with Gasteiger partial charge in [0, 0.05) is 18.3 Å². The summed E-state index contributed by atoms with van der Waals surface area (Å²) in [7, 11) is 0. The third kappa shape index (κ3) is 3.15. The second-order valence-electron chi connectivity index (χ2n) is 8.77. The van der Waals surface area contributed by atoms with Gasteiger partial charge in [0.15, 0.2) is 5.82 Å². The van der Waals surface area contributed by atoms with Crippen LogP contribution in [0, 0.1) is 23.7 Å². The van der Waals surface area contributed by atoms with Gasteiger partial charge < -0.3 is 16.4 Å². The smallest absolute Gasteiger partial charge is 0.315 e. The number of urea groups is 1. The number of H-pyrrole nitrogens is 1. The van der Waals surface area contributed by atoms with Crippen LogP contribution in [0.5, 0.6) is 0 Å². The lowest BCUT2D eigenvalue weighted by molar-refractivity contribution is -0.0529. The average molecular weight is 381 g/mol. The van der Waals surface area contributed by atoms with Crippen LogP contribution < -0.4 is 16.4 Å². The minimum atomic E-state index is -0.247. The summed E-state index contributed by atoms with van der Waals surface area (Å²) in [5.74, 6) is 3.96. The molecule has 0 unspecified atom stereocenters. The third-order valence-electron chi connectivity index (χ3n) is 7.06. The van der Waals surface area contributed by atoms with Crippen molar-refractivity contribution in [2.75, 3.05) is 6.54 Å². The number of amides is 2. The van der Waals surface area contributed by atoms with E-state index in [1.54, 1.807) is 6.20 Å². The van der Waals surface area contributed by atoms with E-state index in [0.717, 1.165) is 11.8 Å². The highest BCUT2D eigenvalue weighted by Gasteiger charge is 2.55. The number of pyridine rings is 1. The average Bonchev–Trinajstić information content (AvgIpc) is 3.18. The number of nitrogens with two attached hydrogens (primary N) is 1. The Morgan fingerprint density at radius 3 is 2.57 bits per heavy atom. The summed E-state index contributed by atoms with van der Waals surface area (Å²) in [6.45, 7) is 0.823. The minimum absolute atomic E-state index is 0.214. The Labute approximate surface area is 164 Å². The van der Waals surface area contributed by atoms with Crippen LogP contribution >= 0.6 is 0 Å². The standard InChI is InChI=1S/C20H27N7O/c21-20(14-6-12-5-13(8-14)9-15(20)7-12)11-24-19(28)23-10-17-25-18(27-26-17)16-3-1-2-4-22-16/h1-4,12-15H,5-11,21H2,(H2,23,24,28)(H,25,26,27). The lowest BCUT2D eigenvalue weighted by atomic mass is 9.49. The first kappa shape index (κ1) is 17.6. The van der Waals surface area contributed by atoms with Gasteiger partial charge in [-0.05, 0) is 67.9 Å². The van der Waals surface area contributed by atoms with Crippen molar-refractivity contribution in [1.29, 1.82) is 0 Å². The molecule has 0 aromatic carbocycles. The Bertz CT molecular complexity index is 821. The highest BCUT2D eigenvalue weighted by Crippen LogP contribution is 2.57. The summed E-state index contributed by atoms with van der Waals surface area (Å²) < 4.78 is 0. The summed E-state index contributed by atoms with van der Waals surface area (Å²) >= 11 is 0. The number of rotatable bonds is 5. The van der Waals surface area contributed by atoms with Gasteiger partial charge in [-0.2, -0.15) is 5.10 Å². The van der Waals surface area contributed by atoms with Gasteiger partial charge in [0.05, 0.1) is 6.54 Å². The maximum atomic E-state index is 12.3. The molecule has 0 spiro atoms. The molecular formula is C20H27N7O. The molecule has 2 amide bonds. The van der Waals surface area contributed by atoms with Crippen LogP contribution in [0.1, 0.15) is 37.9 Å². The van der Waals surface area contributed by atoms with Crippen molar-refractivity contribution >= 4 is 6.03 Å². The number of carbonyl (C=O) groups is 1. The van der Waals surface area contributed by atoms with E-state index in [9.17, 15) is 4.79 Å².